The summed E-state index contributed by atoms with van der Waals surface area (Å²) >= 11 is 1.74. The third kappa shape index (κ3) is 3.30. The lowest BCUT2D eigenvalue weighted by Crippen LogP contribution is -2.60. The topological polar surface area (TPSA) is 47.9 Å². The molecule has 0 aromatic heterocycles. The zero-order valence-corrected chi connectivity index (χ0v) is 19.9. The average molecular weight is 459 g/mol. The molecule has 6 rings (SSSR count). The molecular formula is C27H30N4OS. The maximum Gasteiger partial charge on any atom is 0.255 e. The Morgan fingerprint density at radius 1 is 1.06 bits per heavy atom. The summed E-state index contributed by atoms with van der Waals surface area (Å²) in [6, 6.07) is 19.0. The fourth-order valence-corrected chi connectivity index (χ4v) is 6.86. The summed E-state index contributed by atoms with van der Waals surface area (Å²) in [5, 5.41) is 5.68. The van der Waals surface area contributed by atoms with Crippen molar-refractivity contribution in [3.63, 3.8) is 0 Å². The maximum absolute atomic E-state index is 14.4. The van der Waals surface area contributed by atoms with Crippen LogP contribution >= 0.6 is 11.8 Å². The Labute approximate surface area is 199 Å². The molecule has 1 atom stereocenters. The van der Waals surface area contributed by atoms with Crippen molar-refractivity contribution in [1.29, 1.82) is 0 Å². The van der Waals surface area contributed by atoms with Crippen molar-refractivity contribution in [2.75, 3.05) is 5.75 Å². The molecule has 1 spiro atoms. The third-order valence-electron chi connectivity index (χ3n) is 7.59. The quantitative estimate of drug-likeness (QED) is 0.690. The summed E-state index contributed by atoms with van der Waals surface area (Å²) < 4.78 is 0. The summed E-state index contributed by atoms with van der Waals surface area (Å²) in [5.74, 6) is 1.11. The highest BCUT2D eigenvalue weighted by molar-refractivity contribution is 8.13. The van der Waals surface area contributed by atoms with Gasteiger partial charge in [-0.25, -0.2) is 0 Å². The van der Waals surface area contributed by atoms with Gasteiger partial charge in [-0.3, -0.25) is 20.0 Å². The number of nitrogens with zero attached hydrogens (tertiary/aromatic N) is 3. The molecule has 2 aliphatic heterocycles. The van der Waals surface area contributed by atoms with Gasteiger partial charge in [0.05, 0.1) is 5.70 Å². The number of carbonyl (C=O) groups excluding carboxylic acids is 1. The van der Waals surface area contributed by atoms with Gasteiger partial charge in [0.1, 0.15) is 0 Å². The number of amides is 1. The van der Waals surface area contributed by atoms with Crippen molar-refractivity contribution in [1.82, 2.24) is 15.2 Å². The van der Waals surface area contributed by atoms with Crippen molar-refractivity contribution in [2.24, 2.45) is 10.5 Å². The Balaban J connectivity index is 1.55. The van der Waals surface area contributed by atoms with Crippen molar-refractivity contribution in [3.8, 4) is 0 Å². The van der Waals surface area contributed by atoms with Crippen LogP contribution in [-0.2, 0) is 17.8 Å². The number of thioether (sulfide) groups is 1. The molecule has 1 unspecified atom stereocenters. The number of rotatable bonds is 3. The van der Waals surface area contributed by atoms with Gasteiger partial charge in [-0.05, 0) is 36.1 Å². The molecule has 0 saturated heterocycles. The predicted octanol–water partition coefficient (Wildman–Crippen LogP) is 5.16. The minimum atomic E-state index is -0.294. The summed E-state index contributed by atoms with van der Waals surface area (Å²) in [6.45, 7) is 2.73. The normalized spacial score (nSPS) is 23.1. The molecule has 0 radical (unpaired) electrons. The first-order valence-electron chi connectivity index (χ1n) is 12.1. The van der Waals surface area contributed by atoms with Crippen LogP contribution in [0.4, 0.5) is 0 Å². The Morgan fingerprint density at radius 3 is 2.61 bits per heavy atom. The lowest BCUT2D eigenvalue weighted by molar-refractivity contribution is -0.136. The van der Waals surface area contributed by atoms with E-state index in [-0.39, 0.29) is 17.6 Å². The highest BCUT2D eigenvalue weighted by atomic mass is 32.2. The predicted molar refractivity (Wildman–Crippen MR) is 134 cm³/mol. The number of benzene rings is 2. The van der Waals surface area contributed by atoms with Crippen LogP contribution < -0.4 is 5.43 Å². The summed E-state index contributed by atoms with van der Waals surface area (Å²) in [6.07, 6.45) is 6.49. The first-order chi connectivity index (χ1) is 16.2. The fraction of sp³-hybridized carbons (Fsp3) is 0.407. The zero-order valence-electron chi connectivity index (χ0n) is 19.1. The van der Waals surface area contributed by atoms with Gasteiger partial charge >= 0.3 is 0 Å². The van der Waals surface area contributed by atoms with Crippen LogP contribution in [0.3, 0.4) is 0 Å². The van der Waals surface area contributed by atoms with E-state index in [1.807, 2.05) is 23.1 Å². The summed E-state index contributed by atoms with van der Waals surface area (Å²) in [5.41, 5.74) is 9.08. The van der Waals surface area contributed by atoms with E-state index < -0.39 is 0 Å². The molecule has 5 nitrogen and oxygen atoms in total. The lowest BCUT2D eigenvalue weighted by atomic mass is 9.61. The van der Waals surface area contributed by atoms with Gasteiger partial charge in [0.2, 0.25) is 6.29 Å². The van der Waals surface area contributed by atoms with E-state index in [9.17, 15) is 4.79 Å². The van der Waals surface area contributed by atoms with Gasteiger partial charge in [-0.1, -0.05) is 92.5 Å². The minimum absolute atomic E-state index is 0.0799. The van der Waals surface area contributed by atoms with E-state index in [2.05, 4.69) is 53.6 Å². The molecule has 1 amide bonds. The second-order valence-corrected chi connectivity index (χ2v) is 10.7. The number of hydrogen-bond acceptors (Lipinski definition) is 5. The molecule has 6 heteroatoms. The first-order valence-corrected chi connectivity index (χ1v) is 13.1. The Bertz CT molecular complexity index is 1140. The maximum atomic E-state index is 14.4. The second kappa shape index (κ2) is 8.24. The van der Waals surface area contributed by atoms with E-state index in [0.717, 1.165) is 47.0 Å². The standard InChI is InChI=1S/C27H30N4OS/c1-2-33-26-29-28-25-30(18-19-11-5-3-6-12-19)24(32)22-23(31(25)26)21-14-8-7-13-20(21)17-27(22)15-9-4-10-16-27/h3,5-8,11-14,25,28H,2,4,9-10,15-18H2,1H3. The Morgan fingerprint density at radius 2 is 1.82 bits per heavy atom. The highest BCUT2D eigenvalue weighted by Crippen LogP contribution is 2.55. The molecule has 2 aliphatic carbocycles. The number of fused-ring (bicyclic) bond motifs is 5. The summed E-state index contributed by atoms with van der Waals surface area (Å²) in [4.78, 5) is 18.7. The van der Waals surface area contributed by atoms with Gasteiger partial charge in [0.15, 0.2) is 5.17 Å². The van der Waals surface area contributed by atoms with Gasteiger partial charge in [-0.15, -0.1) is 0 Å². The average Bonchev–Trinajstić information content (AvgIpc) is 3.26. The second-order valence-electron chi connectivity index (χ2n) is 9.52. The first kappa shape index (κ1) is 20.8. The Kier molecular flexibility index (Phi) is 5.21. The minimum Gasteiger partial charge on any atom is -0.295 e. The molecule has 33 heavy (non-hydrogen) atoms. The molecule has 2 aromatic carbocycles. The van der Waals surface area contributed by atoms with Crippen LogP contribution in [0.1, 0.15) is 55.7 Å². The molecule has 1 saturated carbocycles. The number of amidine groups is 1. The fourth-order valence-electron chi connectivity index (χ4n) is 6.16. The van der Waals surface area contributed by atoms with Crippen molar-refractivity contribution >= 4 is 28.5 Å². The number of hydrogen-bond donors (Lipinski definition) is 1. The number of carbonyl (C=O) groups is 1. The van der Waals surface area contributed by atoms with Crippen molar-refractivity contribution < 1.29 is 4.79 Å². The van der Waals surface area contributed by atoms with Gasteiger partial charge in [-0.2, -0.15) is 5.10 Å². The molecule has 2 aromatic rings. The van der Waals surface area contributed by atoms with E-state index in [1.54, 1.807) is 11.8 Å². The van der Waals surface area contributed by atoms with Crippen LogP contribution in [0.5, 0.6) is 0 Å². The molecular weight excluding hydrogens is 428 g/mol. The third-order valence-corrected chi connectivity index (χ3v) is 8.42. The van der Waals surface area contributed by atoms with Crippen LogP contribution in [0.15, 0.2) is 65.3 Å². The number of nitrogens with one attached hydrogen (secondary N) is 1. The molecule has 4 aliphatic rings. The largest absolute Gasteiger partial charge is 0.295 e. The van der Waals surface area contributed by atoms with E-state index in [4.69, 9.17) is 5.10 Å². The van der Waals surface area contributed by atoms with Gasteiger partial charge in [0, 0.05) is 23.1 Å². The zero-order chi connectivity index (χ0) is 22.4. The monoisotopic (exact) mass is 458 g/mol. The SMILES string of the molecule is CCSC1=NNC2N(Cc3ccccc3)C(=O)C3=C(c4ccccc4CC34CCCCC4)N12. The lowest BCUT2D eigenvalue weighted by Gasteiger charge is -2.51. The van der Waals surface area contributed by atoms with Crippen molar-refractivity contribution in [3.05, 3.63) is 76.9 Å². The Hall–Kier alpha value is -2.73. The van der Waals surface area contributed by atoms with Gasteiger partial charge in [0.25, 0.3) is 5.91 Å². The van der Waals surface area contributed by atoms with Crippen molar-refractivity contribution in [2.45, 2.75) is 58.3 Å². The van der Waals surface area contributed by atoms with Crippen LogP contribution in [-0.4, -0.2) is 32.9 Å². The van der Waals surface area contributed by atoms with Gasteiger partial charge < -0.3 is 0 Å². The van der Waals surface area contributed by atoms with Crippen LogP contribution in [0.2, 0.25) is 0 Å². The van der Waals surface area contributed by atoms with E-state index in [1.165, 1.54) is 30.4 Å². The molecule has 170 valence electrons. The molecule has 2 heterocycles. The molecule has 1 fully saturated rings. The molecule has 1 N–H and O–H groups in total. The van der Waals surface area contributed by atoms with Crippen LogP contribution in [0.25, 0.3) is 5.70 Å². The highest BCUT2D eigenvalue weighted by Gasteiger charge is 2.53. The van der Waals surface area contributed by atoms with E-state index in [0.29, 0.717) is 6.54 Å². The number of hydrazone groups is 1. The molecule has 0 bridgehead atoms. The smallest absolute Gasteiger partial charge is 0.255 e. The van der Waals surface area contributed by atoms with Crippen LogP contribution in [0, 0.1) is 5.41 Å². The van der Waals surface area contributed by atoms with E-state index >= 15 is 0 Å². The summed E-state index contributed by atoms with van der Waals surface area (Å²) in [7, 11) is 0.